The summed E-state index contributed by atoms with van der Waals surface area (Å²) in [5, 5.41) is 9.55. The molecule has 0 bridgehead atoms. The molecular formula is C12H10N4O. The van der Waals surface area contributed by atoms with Crippen LogP contribution in [0.4, 0.5) is 0 Å². The van der Waals surface area contributed by atoms with Crippen LogP contribution in [0, 0.1) is 0 Å². The van der Waals surface area contributed by atoms with E-state index in [0.29, 0.717) is 0 Å². The van der Waals surface area contributed by atoms with Gasteiger partial charge in [-0.1, -0.05) is 18.2 Å². The number of nitrogens with one attached hydrogen (secondary N) is 2. The number of nitrogens with zero attached hydrogens (tertiary/aromatic N) is 2. The molecule has 0 aliphatic carbocycles. The number of para-hydroxylation sites is 1. The Hall–Kier alpha value is -2.56. The summed E-state index contributed by atoms with van der Waals surface area (Å²) >= 11 is 0. The summed E-state index contributed by atoms with van der Waals surface area (Å²) in [7, 11) is 0. The van der Waals surface area contributed by atoms with Crippen molar-refractivity contribution in [3.05, 3.63) is 59.1 Å². The average Bonchev–Trinajstić information content (AvgIpc) is 2.98. The lowest BCUT2D eigenvalue weighted by molar-refractivity contribution is 0.880. The molecule has 5 heteroatoms. The zero-order chi connectivity index (χ0) is 11.7. The first-order valence-electron chi connectivity index (χ1n) is 5.21. The Morgan fingerprint density at radius 1 is 1.12 bits per heavy atom. The quantitative estimate of drug-likeness (QED) is 0.696. The number of rotatable bonds is 2. The SMILES string of the molecule is O=c1cc(-c2cnn(-c3ccccc3)c2)[nH][nH]1. The lowest BCUT2D eigenvalue weighted by atomic mass is 10.2. The topological polar surface area (TPSA) is 66.5 Å². The minimum absolute atomic E-state index is 0.146. The lowest BCUT2D eigenvalue weighted by Gasteiger charge is -1.98. The first kappa shape index (κ1) is 9.65. The van der Waals surface area contributed by atoms with Gasteiger partial charge in [0.15, 0.2) is 0 Å². The third-order valence-electron chi connectivity index (χ3n) is 2.51. The van der Waals surface area contributed by atoms with Crippen molar-refractivity contribution in [2.45, 2.75) is 0 Å². The van der Waals surface area contributed by atoms with Crippen LogP contribution in [0.1, 0.15) is 0 Å². The second-order valence-corrected chi connectivity index (χ2v) is 3.68. The van der Waals surface area contributed by atoms with Gasteiger partial charge in [0, 0.05) is 17.8 Å². The second-order valence-electron chi connectivity index (χ2n) is 3.68. The van der Waals surface area contributed by atoms with Crippen LogP contribution in [0.25, 0.3) is 16.9 Å². The summed E-state index contributed by atoms with van der Waals surface area (Å²) in [5.74, 6) is 0. The molecule has 0 spiro atoms. The first-order chi connectivity index (χ1) is 8.33. The molecule has 84 valence electrons. The molecular weight excluding hydrogens is 216 g/mol. The minimum Gasteiger partial charge on any atom is -0.297 e. The fourth-order valence-electron chi connectivity index (χ4n) is 1.67. The maximum absolute atomic E-state index is 11.0. The molecule has 3 aromatic rings. The van der Waals surface area contributed by atoms with Gasteiger partial charge in [-0.25, -0.2) is 4.68 Å². The van der Waals surface area contributed by atoms with E-state index in [9.17, 15) is 4.79 Å². The van der Waals surface area contributed by atoms with E-state index in [0.717, 1.165) is 16.9 Å². The fraction of sp³-hybridized carbons (Fsp3) is 0. The summed E-state index contributed by atoms with van der Waals surface area (Å²) in [6.45, 7) is 0. The molecule has 2 N–H and O–H groups in total. The molecule has 0 saturated carbocycles. The molecule has 2 heterocycles. The van der Waals surface area contributed by atoms with Gasteiger partial charge in [-0.3, -0.25) is 15.0 Å². The molecule has 17 heavy (non-hydrogen) atoms. The number of aromatic nitrogens is 4. The smallest absolute Gasteiger partial charge is 0.264 e. The van der Waals surface area contributed by atoms with Crippen molar-refractivity contribution in [3.8, 4) is 16.9 Å². The maximum atomic E-state index is 11.0. The highest BCUT2D eigenvalue weighted by atomic mass is 16.1. The van der Waals surface area contributed by atoms with E-state index in [-0.39, 0.29) is 5.56 Å². The molecule has 0 aliphatic rings. The van der Waals surface area contributed by atoms with Crippen molar-refractivity contribution in [1.29, 1.82) is 0 Å². The lowest BCUT2D eigenvalue weighted by Crippen LogP contribution is -1.93. The Bertz CT molecular complexity index is 678. The third-order valence-corrected chi connectivity index (χ3v) is 2.51. The number of hydrogen-bond donors (Lipinski definition) is 2. The van der Waals surface area contributed by atoms with Crippen molar-refractivity contribution in [2.75, 3.05) is 0 Å². The van der Waals surface area contributed by atoms with E-state index in [2.05, 4.69) is 15.3 Å². The molecule has 0 aliphatic heterocycles. The molecule has 0 radical (unpaired) electrons. The summed E-state index contributed by atoms with van der Waals surface area (Å²) in [5.41, 5.74) is 2.44. The van der Waals surface area contributed by atoms with Gasteiger partial charge in [-0.05, 0) is 12.1 Å². The Balaban J connectivity index is 2.01. The normalized spacial score (nSPS) is 10.6. The van der Waals surface area contributed by atoms with Crippen molar-refractivity contribution >= 4 is 0 Å². The van der Waals surface area contributed by atoms with Gasteiger partial charge in [-0.2, -0.15) is 5.10 Å². The van der Waals surface area contributed by atoms with Crippen molar-refractivity contribution in [1.82, 2.24) is 20.0 Å². The molecule has 5 nitrogen and oxygen atoms in total. The molecule has 0 saturated heterocycles. The maximum Gasteiger partial charge on any atom is 0.264 e. The number of H-pyrrole nitrogens is 2. The molecule has 1 aromatic carbocycles. The molecule has 2 aromatic heterocycles. The van der Waals surface area contributed by atoms with Crippen LogP contribution in [0.5, 0.6) is 0 Å². The summed E-state index contributed by atoms with van der Waals surface area (Å²) in [4.78, 5) is 11.0. The number of aromatic amines is 2. The second kappa shape index (κ2) is 3.79. The van der Waals surface area contributed by atoms with Crippen molar-refractivity contribution in [3.63, 3.8) is 0 Å². The van der Waals surface area contributed by atoms with Crippen molar-refractivity contribution in [2.24, 2.45) is 0 Å². The van der Waals surface area contributed by atoms with E-state index < -0.39 is 0 Å². The van der Waals surface area contributed by atoms with E-state index >= 15 is 0 Å². The molecule has 0 unspecified atom stereocenters. The molecule has 0 atom stereocenters. The van der Waals surface area contributed by atoms with Crippen LogP contribution >= 0.6 is 0 Å². The van der Waals surface area contributed by atoms with Crippen LogP contribution in [-0.2, 0) is 0 Å². The highest BCUT2D eigenvalue weighted by molar-refractivity contribution is 5.56. The van der Waals surface area contributed by atoms with Gasteiger partial charge in [-0.15, -0.1) is 0 Å². The molecule has 0 fully saturated rings. The third kappa shape index (κ3) is 1.78. The average molecular weight is 226 g/mol. The van der Waals surface area contributed by atoms with Crippen LogP contribution in [0.3, 0.4) is 0 Å². The summed E-state index contributed by atoms with van der Waals surface area (Å²) in [6, 6.07) is 11.3. The van der Waals surface area contributed by atoms with E-state index in [4.69, 9.17) is 0 Å². The van der Waals surface area contributed by atoms with Crippen LogP contribution in [-0.4, -0.2) is 20.0 Å². The molecule has 0 amide bonds. The predicted octanol–water partition coefficient (Wildman–Crippen LogP) is 1.56. The Kier molecular flexibility index (Phi) is 2.15. The van der Waals surface area contributed by atoms with Gasteiger partial charge in [0.25, 0.3) is 5.56 Å². The molecule has 3 rings (SSSR count). The minimum atomic E-state index is -0.146. The van der Waals surface area contributed by atoms with Crippen LogP contribution in [0.2, 0.25) is 0 Å². The summed E-state index contributed by atoms with van der Waals surface area (Å²) in [6.07, 6.45) is 3.58. The van der Waals surface area contributed by atoms with Gasteiger partial charge in [0.2, 0.25) is 0 Å². The standard InChI is InChI=1S/C12H10N4O/c17-12-6-11(14-15-12)9-7-13-16(8-9)10-4-2-1-3-5-10/h1-8H,(H2,14,15,17). The van der Waals surface area contributed by atoms with Gasteiger partial charge >= 0.3 is 0 Å². The van der Waals surface area contributed by atoms with Gasteiger partial charge in [0.1, 0.15) is 0 Å². The van der Waals surface area contributed by atoms with Gasteiger partial charge < -0.3 is 0 Å². The van der Waals surface area contributed by atoms with E-state index in [1.165, 1.54) is 6.07 Å². The highest BCUT2D eigenvalue weighted by Crippen LogP contribution is 2.15. The zero-order valence-electron chi connectivity index (χ0n) is 8.92. The first-order valence-corrected chi connectivity index (χ1v) is 5.21. The van der Waals surface area contributed by atoms with E-state index in [1.54, 1.807) is 10.9 Å². The Morgan fingerprint density at radius 2 is 1.94 bits per heavy atom. The zero-order valence-corrected chi connectivity index (χ0v) is 8.92. The number of hydrogen-bond acceptors (Lipinski definition) is 2. The summed E-state index contributed by atoms with van der Waals surface area (Å²) < 4.78 is 1.76. The van der Waals surface area contributed by atoms with Crippen LogP contribution < -0.4 is 5.56 Å². The fourth-order valence-corrected chi connectivity index (χ4v) is 1.67. The Labute approximate surface area is 96.7 Å². The van der Waals surface area contributed by atoms with Crippen LogP contribution in [0.15, 0.2) is 53.6 Å². The largest absolute Gasteiger partial charge is 0.297 e. The van der Waals surface area contributed by atoms with Gasteiger partial charge in [0.05, 0.1) is 17.6 Å². The monoisotopic (exact) mass is 226 g/mol. The van der Waals surface area contributed by atoms with Crippen molar-refractivity contribution < 1.29 is 0 Å². The predicted molar refractivity (Wildman–Crippen MR) is 64.0 cm³/mol. The number of benzene rings is 1. The Morgan fingerprint density at radius 3 is 2.65 bits per heavy atom. The van der Waals surface area contributed by atoms with E-state index in [1.807, 2.05) is 36.5 Å². The highest BCUT2D eigenvalue weighted by Gasteiger charge is 2.04.